The number of esters is 1. The third-order valence-corrected chi connectivity index (χ3v) is 2.04. The highest BCUT2D eigenvalue weighted by Crippen LogP contribution is 2.22. The van der Waals surface area contributed by atoms with Crippen LogP contribution in [0.1, 0.15) is 41.6 Å². The van der Waals surface area contributed by atoms with Crippen LogP contribution in [0.15, 0.2) is 6.20 Å². The molecule has 0 atom stereocenters. The molecule has 1 aromatic heterocycles. The lowest BCUT2D eigenvalue weighted by Gasteiger charge is -2.19. The van der Waals surface area contributed by atoms with Gasteiger partial charge in [0, 0.05) is 13.2 Å². The monoisotopic (exact) mass is 240 g/mol. The van der Waals surface area contributed by atoms with Crippen molar-refractivity contribution in [3.05, 3.63) is 17.5 Å². The first-order valence-electron chi connectivity index (χ1n) is 5.05. The molecule has 0 saturated carbocycles. The van der Waals surface area contributed by atoms with Crippen LogP contribution in [-0.4, -0.2) is 27.2 Å². The Kier molecular flexibility index (Phi) is 3.17. The van der Waals surface area contributed by atoms with Gasteiger partial charge in [-0.15, -0.1) is 0 Å². The Morgan fingerprint density at radius 1 is 1.41 bits per heavy atom. The van der Waals surface area contributed by atoms with Crippen LogP contribution in [0.5, 0.6) is 0 Å². The average molecular weight is 240 g/mol. The first-order chi connectivity index (χ1) is 7.63. The summed E-state index contributed by atoms with van der Waals surface area (Å²) < 4.78 is 6.42. The van der Waals surface area contributed by atoms with Crippen molar-refractivity contribution in [1.29, 1.82) is 0 Å². The molecule has 0 amide bonds. The van der Waals surface area contributed by atoms with Gasteiger partial charge in [0.2, 0.25) is 0 Å². The second kappa shape index (κ2) is 4.12. The first-order valence-corrected chi connectivity index (χ1v) is 5.05. The fourth-order valence-electron chi connectivity index (χ4n) is 1.41. The number of hydrogen-bond acceptors (Lipinski definition) is 4. The van der Waals surface area contributed by atoms with Gasteiger partial charge in [-0.2, -0.15) is 0 Å². The average Bonchev–Trinajstić information content (AvgIpc) is 2.38. The van der Waals surface area contributed by atoms with E-state index in [4.69, 9.17) is 15.6 Å². The summed E-state index contributed by atoms with van der Waals surface area (Å²) in [6.45, 7) is 5.17. The number of nitrogen functional groups attached to an aromatic ring is 1. The molecule has 0 aliphatic carbocycles. The number of aryl methyl sites for hydroxylation is 1. The fraction of sp³-hybridized carbons (Fsp3) is 0.455. The van der Waals surface area contributed by atoms with Gasteiger partial charge in [0.15, 0.2) is 5.69 Å². The van der Waals surface area contributed by atoms with E-state index in [2.05, 4.69) is 0 Å². The maximum absolute atomic E-state index is 11.8. The summed E-state index contributed by atoms with van der Waals surface area (Å²) in [6, 6.07) is 0. The van der Waals surface area contributed by atoms with Gasteiger partial charge in [0.25, 0.3) is 0 Å². The topological polar surface area (TPSA) is 94.5 Å². The molecular formula is C11H16N2O4. The molecule has 0 fully saturated rings. The molecule has 0 aliphatic rings. The van der Waals surface area contributed by atoms with Gasteiger partial charge in [-0.1, -0.05) is 0 Å². The quantitative estimate of drug-likeness (QED) is 0.759. The van der Waals surface area contributed by atoms with Crippen molar-refractivity contribution in [2.75, 3.05) is 5.73 Å². The van der Waals surface area contributed by atoms with E-state index in [1.165, 1.54) is 17.8 Å². The number of nitrogens with two attached hydrogens (primary N) is 1. The summed E-state index contributed by atoms with van der Waals surface area (Å²) in [5.41, 5.74) is 4.85. The molecule has 94 valence electrons. The third-order valence-electron chi connectivity index (χ3n) is 2.04. The SMILES string of the molecule is Cn1cc(C(=O)OC(C)(C)C)c(N)c1C(=O)O. The Balaban J connectivity index is 3.13. The number of carbonyl (C=O) groups is 2. The largest absolute Gasteiger partial charge is 0.477 e. The number of ether oxygens (including phenoxy) is 1. The molecule has 3 N–H and O–H groups in total. The second-order valence-electron chi connectivity index (χ2n) is 4.72. The summed E-state index contributed by atoms with van der Waals surface area (Å²) in [6.07, 6.45) is 1.35. The van der Waals surface area contributed by atoms with Crippen molar-refractivity contribution >= 4 is 17.6 Å². The van der Waals surface area contributed by atoms with E-state index in [9.17, 15) is 9.59 Å². The highest BCUT2D eigenvalue weighted by molar-refractivity contribution is 6.02. The summed E-state index contributed by atoms with van der Waals surface area (Å²) in [5, 5.41) is 8.92. The van der Waals surface area contributed by atoms with Crippen molar-refractivity contribution in [3.8, 4) is 0 Å². The lowest BCUT2D eigenvalue weighted by Crippen LogP contribution is -2.24. The molecule has 0 unspecified atom stereocenters. The number of hydrogen-bond donors (Lipinski definition) is 2. The van der Waals surface area contributed by atoms with E-state index in [0.717, 1.165) is 0 Å². The Morgan fingerprint density at radius 2 is 1.94 bits per heavy atom. The number of nitrogens with zero attached hydrogens (tertiary/aromatic N) is 1. The van der Waals surface area contributed by atoms with Gasteiger partial charge in [-0.05, 0) is 20.8 Å². The smallest absolute Gasteiger partial charge is 0.354 e. The molecule has 0 aliphatic heterocycles. The Hall–Kier alpha value is -1.98. The standard InChI is InChI=1S/C11H16N2O4/c1-11(2,3)17-10(16)6-5-13(4)8(7(6)12)9(14)15/h5H,12H2,1-4H3,(H,14,15). The van der Waals surface area contributed by atoms with Gasteiger partial charge in [-0.3, -0.25) is 0 Å². The maximum atomic E-state index is 11.8. The highest BCUT2D eigenvalue weighted by atomic mass is 16.6. The number of aromatic nitrogens is 1. The first kappa shape index (κ1) is 13.1. The zero-order valence-corrected chi connectivity index (χ0v) is 10.3. The Bertz CT molecular complexity index is 469. The van der Waals surface area contributed by atoms with Crippen LogP contribution >= 0.6 is 0 Å². The molecule has 0 bridgehead atoms. The second-order valence-corrected chi connectivity index (χ2v) is 4.72. The van der Waals surface area contributed by atoms with E-state index < -0.39 is 17.5 Å². The molecule has 0 radical (unpaired) electrons. The third kappa shape index (κ3) is 2.77. The Labute approximate surface area is 99.0 Å². The van der Waals surface area contributed by atoms with E-state index in [0.29, 0.717) is 0 Å². The molecule has 0 saturated heterocycles. The number of carboxylic acid groups (broad SMARTS) is 1. The van der Waals surface area contributed by atoms with Crippen molar-refractivity contribution in [1.82, 2.24) is 4.57 Å². The summed E-state index contributed by atoms with van der Waals surface area (Å²) >= 11 is 0. The van der Waals surface area contributed by atoms with E-state index >= 15 is 0 Å². The lowest BCUT2D eigenvalue weighted by molar-refractivity contribution is 0.00706. The summed E-state index contributed by atoms with van der Waals surface area (Å²) in [4.78, 5) is 22.7. The van der Waals surface area contributed by atoms with Crippen LogP contribution in [0, 0.1) is 0 Å². The summed E-state index contributed by atoms with van der Waals surface area (Å²) in [7, 11) is 1.51. The Morgan fingerprint density at radius 3 is 2.29 bits per heavy atom. The normalized spacial score (nSPS) is 11.3. The van der Waals surface area contributed by atoms with Gasteiger partial charge in [-0.25, -0.2) is 9.59 Å². The van der Waals surface area contributed by atoms with Gasteiger partial charge in [0.05, 0.1) is 5.69 Å². The van der Waals surface area contributed by atoms with Crippen molar-refractivity contribution in [3.63, 3.8) is 0 Å². The van der Waals surface area contributed by atoms with E-state index in [1.54, 1.807) is 20.8 Å². The van der Waals surface area contributed by atoms with Crippen molar-refractivity contribution in [2.45, 2.75) is 26.4 Å². The minimum absolute atomic E-state index is 0.0693. The van der Waals surface area contributed by atoms with Crippen LogP contribution < -0.4 is 5.73 Å². The van der Waals surface area contributed by atoms with Crippen LogP contribution in [0.4, 0.5) is 5.69 Å². The van der Waals surface area contributed by atoms with Gasteiger partial charge in [0.1, 0.15) is 11.2 Å². The predicted octanol–water partition coefficient (Wildman–Crippen LogP) is 1.26. The fourth-order valence-corrected chi connectivity index (χ4v) is 1.41. The molecule has 6 nitrogen and oxygen atoms in total. The molecule has 1 heterocycles. The number of rotatable bonds is 2. The lowest BCUT2D eigenvalue weighted by atomic mass is 10.2. The zero-order chi connectivity index (χ0) is 13.4. The minimum Gasteiger partial charge on any atom is -0.477 e. The number of aromatic carboxylic acids is 1. The van der Waals surface area contributed by atoms with Crippen LogP contribution in [-0.2, 0) is 11.8 Å². The van der Waals surface area contributed by atoms with Gasteiger partial charge < -0.3 is 20.1 Å². The van der Waals surface area contributed by atoms with Crippen molar-refractivity contribution in [2.24, 2.45) is 7.05 Å². The summed E-state index contributed by atoms with van der Waals surface area (Å²) in [5.74, 6) is -1.81. The van der Waals surface area contributed by atoms with Crippen LogP contribution in [0.2, 0.25) is 0 Å². The molecular weight excluding hydrogens is 224 g/mol. The van der Waals surface area contributed by atoms with Crippen molar-refractivity contribution < 1.29 is 19.4 Å². The highest BCUT2D eigenvalue weighted by Gasteiger charge is 2.25. The number of carboxylic acids is 1. The molecule has 0 spiro atoms. The molecule has 17 heavy (non-hydrogen) atoms. The predicted molar refractivity (Wildman–Crippen MR) is 62.0 cm³/mol. The van der Waals surface area contributed by atoms with E-state index in [1.807, 2.05) is 0 Å². The zero-order valence-electron chi connectivity index (χ0n) is 10.3. The molecule has 1 aromatic rings. The molecule has 6 heteroatoms. The molecule has 0 aromatic carbocycles. The number of anilines is 1. The van der Waals surface area contributed by atoms with Gasteiger partial charge >= 0.3 is 11.9 Å². The van der Waals surface area contributed by atoms with Crippen LogP contribution in [0.25, 0.3) is 0 Å². The molecule has 1 rings (SSSR count). The van der Waals surface area contributed by atoms with E-state index in [-0.39, 0.29) is 16.9 Å². The maximum Gasteiger partial charge on any atom is 0.354 e. The van der Waals surface area contributed by atoms with Crippen LogP contribution in [0.3, 0.4) is 0 Å². The number of carbonyl (C=O) groups excluding carboxylic acids is 1. The minimum atomic E-state index is -1.18.